The molecule has 0 aliphatic rings. The summed E-state index contributed by atoms with van der Waals surface area (Å²) in [6, 6.07) is 22.6. The van der Waals surface area contributed by atoms with Crippen LogP contribution in [0.25, 0.3) is 39.0 Å². The van der Waals surface area contributed by atoms with Crippen LogP contribution >= 0.6 is 68.0 Å². The van der Waals surface area contributed by atoms with Crippen LogP contribution in [0, 0.1) is 27.7 Å². The first-order valence-corrected chi connectivity index (χ1v) is 21.8. The lowest BCUT2D eigenvalue weighted by molar-refractivity contribution is 0.653. The van der Waals surface area contributed by atoms with E-state index in [4.69, 9.17) is 0 Å². The van der Waals surface area contributed by atoms with E-state index in [2.05, 4.69) is 114 Å². The molecule has 0 bridgehead atoms. The normalized spacial score (nSPS) is 11.3. The van der Waals surface area contributed by atoms with Gasteiger partial charge >= 0.3 is 0 Å². The lowest BCUT2D eigenvalue weighted by Gasteiger charge is -2.09. The highest BCUT2D eigenvalue weighted by Crippen LogP contribution is 2.47. The molecule has 0 unspecified atom stereocenters. The standard InChI is InChI=1S/C26H36S3.C14H12S3/c1-5-7-9-11-13-21-22(14-12-10-8-6-2)26(24-18-16-20(4)28-24)29-25(21)23-17-15-19(3)27-23;1-9-3-5-11(15-9)13-7-8-14(17-13)12-6-4-10(2)16-12/h15-18H,5-14H2,1-4H3;3-8H,1-2H3. The summed E-state index contributed by atoms with van der Waals surface area (Å²) in [7, 11) is 0. The molecule has 0 saturated carbocycles. The number of hydrogen-bond acceptors (Lipinski definition) is 6. The zero-order valence-corrected chi connectivity index (χ0v) is 33.2. The molecule has 0 nitrogen and oxygen atoms in total. The Hall–Kier alpha value is -1.80. The summed E-state index contributed by atoms with van der Waals surface area (Å²) in [5, 5.41) is 0. The Morgan fingerprint density at radius 1 is 0.348 bits per heavy atom. The summed E-state index contributed by atoms with van der Waals surface area (Å²) in [6.07, 6.45) is 13.2. The fourth-order valence-electron chi connectivity index (χ4n) is 5.73. The average Bonchev–Trinajstić information content (AvgIpc) is 3.88. The van der Waals surface area contributed by atoms with Crippen LogP contribution in [0.4, 0.5) is 0 Å². The minimum Gasteiger partial charge on any atom is -0.140 e. The minimum absolute atomic E-state index is 1.25. The summed E-state index contributed by atoms with van der Waals surface area (Å²) < 4.78 is 0. The third-order valence-electron chi connectivity index (χ3n) is 8.18. The second-order valence-corrected chi connectivity index (χ2v) is 19.4. The molecule has 0 aromatic carbocycles. The van der Waals surface area contributed by atoms with Crippen LogP contribution in [0.15, 0.2) is 60.7 Å². The van der Waals surface area contributed by atoms with E-state index < -0.39 is 0 Å². The predicted molar refractivity (Wildman–Crippen MR) is 217 cm³/mol. The zero-order valence-electron chi connectivity index (χ0n) is 28.3. The molecular weight excluding hydrogens is 673 g/mol. The summed E-state index contributed by atoms with van der Waals surface area (Å²) in [5.41, 5.74) is 3.34. The Morgan fingerprint density at radius 3 is 1.00 bits per heavy atom. The van der Waals surface area contributed by atoms with Crippen molar-refractivity contribution in [2.75, 3.05) is 0 Å². The second kappa shape index (κ2) is 17.6. The highest BCUT2D eigenvalue weighted by molar-refractivity contribution is 7.27. The van der Waals surface area contributed by atoms with Gasteiger partial charge in [-0.1, -0.05) is 52.4 Å². The molecule has 0 fully saturated rings. The molecule has 6 aromatic rings. The van der Waals surface area contributed by atoms with Gasteiger partial charge in [-0.3, -0.25) is 0 Å². The number of aryl methyl sites for hydroxylation is 4. The Labute approximate surface area is 301 Å². The minimum atomic E-state index is 1.25. The van der Waals surface area contributed by atoms with Crippen LogP contribution in [-0.4, -0.2) is 0 Å². The van der Waals surface area contributed by atoms with Gasteiger partial charge in [-0.15, -0.1) is 68.0 Å². The molecule has 244 valence electrons. The smallest absolute Gasteiger partial charge is 0.0484 e. The van der Waals surface area contributed by atoms with Crippen molar-refractivity contribution in [2.24, 2.45) is 0 Å². The largest absolute Gasteiger partial charge is 0.140 e. The van der Waals surface area contributed by atoms with Crippen molar-refractivity contribution in [3.8, 4) is 39.0 Å². The van der Waals surface area contributed by atoms with Crippen molar-refractivity contribution in [2.45, 2.75) is 106 Å². The Morgan fingerprint density at radius 2 is 0.674 bits per heavy atom. The molecule has 0 radical (unpaired) electrons. The van der Waals surface area contributed by atoms with Crippen molar-refractivity contribution in [3.05, 3.63) is 91.3 Å². The predicted octanol–water partition coefficient (Wildman–Crippen LogP) is 15.9. The summed E-state index contributed by atoms with van der Waals surface area (Å²) in [5.74, 6) is 0. The maximum absolute atomic E-state index is 2.35. The van der Waals surface area contributed by atoms with E-state index in [-0.39, 0.29) is 0 Å². The van der Waals surface area contributed by atoms with Gasteiger partial charge in [-0.05, 0) is 125 Å². The van der Waals surface area contributed by atoms with Crippen molar-refractivity contribution in [1.82, 2.24) is 0 Å². The quantitative estimate of drug-likeness (QED) is 0.0983. The molecule has 6 aromatic heterocycles. The van der Waals surface area contributed by atoms with E-state index in [0.717, 1.165) is 0 Å². The average molecular weight is 721 g/mol. The van der Waals surface area contributed by atoms with Crippen molar-refractivity contribution < 1.29 is 0 Å². The Balaban J connectivity index is 0.000000207. The molecule has 0 aliphatic carbocycles. The molecule has 46 heavy (non-hydrogen) atoms. The van der Waals surface area contributed by atoms with Gasteiger partial charge in [-0.25, -0.2) is 0 Å². The van der Waals surface area contributed by atoms with E-state index in [1.54, 1.807) is 20.9 Å². The van der Waals surface area contributed by atoms with Crippen LogP contribution in [0.2, 0.25) is 0 Å². The van der Waals surface area contributed by atoms with Crippen molar-refractivity contribution in [1.29, 1.82) is 0 Å². The summed E-state index contributed by atoms with van der Waals surface area (Å²) >= 11 is 11.6. The van der Waals surface area contributed by atoms with Crippen LogP contribution in [0.5, 0.6) is 0 Å². The Kier molecular flexibility index (Phi) is 13.5. The number of thiophene rings is 6. The van der Waals surface area contributed by atoms with Crippen LogP contribution in [0.1, 0.15) is 95.8 Å². The molecule has 0 saturated heterocycles. The van der Waals surface area contributed by atoms with Crippen LogP contribution < -0.4 is 0 Å². The molecule has 6 heterocycles. The first-order valence-electron chi connectivity index (χ1n) is 16.9. The molecule has 0 atom stereocenters. The van der Waals surface area contributed by atoms with Gasteiger partial charge in [0.05, 0.1) is 0 Å². The van der Waals surface area contributed by atoms with E-state index in [1.807, 2.05) is 56.7 Å². The topological polar surface area (TPSA) is 0 Å². The number of unbranched alkanes of at least 4 members (excludes halogenated alkanes) is 6. The first-order chi connectivity index (χ1) is 22.4. The van der Waals surface area contributed by atoms with Gasteiger partial charge < -0.3 is 0 Å². The molecule has 6 heteroatoms. The SMILES string of the molecule is CCCCCCc1c(-c2ccc(C)s2)sc(-c2ccc(C)s2)c1CCCCCC.Cc1ccc(-c2ccc(-c3ccc(C)s3)s2)s1. The molecular formula is C40H48S6. The Bertz CT molecular complexity index is 1650. The maximum Gasteiger partial charge on any atom is 0.0484 e. The number of rotatable bonds is 14. The van der Waals surface area contributed by atoms with E-state index >= 15 is 0 Å². The van der Waals surface area contributed by atoms with Gasteiger partial charge in [0, 0.05) is 58.5 Å². The summed E-state index contributed by atoms with van der Waals surface area (Å²) in [6.45, 7) is 13.4. The second-order valence-electron chi connectivity index (χ2n) is 12.1. The monoisotopic (exact) mass is 720 g/mol. The van der Waals surface area contributed by atoms with E-state index in [1.165, 1.54) is 113 Å². The number of hydrogen-bond donors (Lipinski definition) is 0. The fourth-order valence-corrected chi connectivity index (χ4v) is 12.1. The molecule has 6 rings (SSSR count). The first kappa shape index (κ1) is 35.5. The van der Waals surface area contributed by atoms with E-state index in [9.17, 15) is 0 Å². The van der Waals surface area contributed by atoms with Crippen LogP contribution in [-0.2, 0) is 12.8 Å². The van der Waals surface area contributed by atoms with Crippen molar-refractivity contribution in [3.63, 3.8) is 0 Å². The molecule has 0 amide bonds. The highest BCUT2D eigenvalue weighted by atomic mass is 32.1. The highest BCUT2D eigenvalue weighted by Gasteiger charge is 2.21. The third-order valence-corrected chi connectivity index (χ3v) is 15.3. The maximum atomic E-state index is 2.35. The molecule has 0 aliphatic heterocycles. The van der Waals surface area contributed by atoms with Gasteiger partial charge in [-0.2, -0.15) is 0 Å². The lowest BCUT2D eigenvalue weighted by atomic mass is 9.96. The molecule has 0 spiro atoms. The van der Waals surface area contributed by atoms with Gasteiger partial charge in [0.25, 0.3) is 0 Å². The fraction of sp³-hybridized carbons (Fsp3) is 0.400. The van der Waals surface area contributed by atoms with Gasteiger partial charge in [0.15, 0.2) is 0 Å². The third kappa shape index (κ3) is 9.42. The van der Waals surface area contributed by atoms with Gasteiger partial charge in [0.1, 0.15) is 0 Å². The van der Waals surface area contributed by atoms with Gasteiger partial charge in [0.2, 0.25) is 0 Å². The zero-order chi connectivity index (χ0) is 32.5. The lowest BCUT2D eigenvalue weighted by Crippen LogP contribution is -1.95. The van der Waals surface area contributed by atoms with Crippen LogP contribution in [0.3, 0.4) is 0 Å². The van der Waals surface area contributed by atoms with Crippen molar-refractivity contribution >= 4 is 68.0 Å². The summed E-state index contributed by atoms with van der Waals surface area (Å²) in [4.78, 5) is 17.2. The van der Waals surface area contributed by atoms with E-state index in [0.29, 0.717) is 0 Å². The molecule has 0 N–H and O–H groups in total.